The first-order valence-corrected chi connectivity index (χ1v) is 7.02. The highest BCUT2D eigenvalue weighted by atomic mass is 16.5. The number of ether oxygens (including phenoxy) is 2. The van der Waals surface area contributed by atoms with Gasteiger partial charge in [0.25, 0.3) is 0 Å². The zero-order valence-corrected chi connectivity index (χ0v) is 12.7. The van der Waals surface area contributed by atoms with Gasteiger partial charge in [0.1, 0.15) is 12.9 Å². The van der Waals surface area contributed by atoms with Gasteiger partial charge in [0.2, 0.25) is 0 Å². The Kier molecular flexibility index (Phi) is 5.16. The molecule has 0 spiro atoms. The van der Waals surface area contributed by atoms with E-state index in [2.05, 4.69) is 17.0 Å². The summed E-state index contributed by atoms with van der Waals surface area (Å²) in [5, 5.41) is 4.02. The molecule has 0 bridgehead atoms. The molecule has 1 unspecified atom stereocenters. The first-order valence-electron chi connectivity index (χ1n) is 7.02. The third kappa shape index (κ3) is 3.95. The van der Waals surface area contributed by atoms with Crippen LogP contribution in [0, 0.1) is 0 Å². The summed E-state index contributed by atoms with van der Waals surface area (Å²) in [6, 6.07) is 6.06. The lowest BCUT2D eigenvalue weighted by Crippen LogP contribution is -2.21. The monoisotopic (exact) mass is 290 g/mol. The highest BCUT2D eigenvalue weighted by Crippen LogP contribution is 2.29. The van der Waals surface area contributed by atoms with Crippen LogP contribution in [-0.2, 0) is 20.1 Å². The minimum absolute atomic E-state index is 0.157. The van der Waals surface area contributed by atoms with E-state index < -0.39 is 0 Å². The van der Waals surface area contributed by atoms with E-state index in [0.717, 1.165) is 24.2 Å². The highest BCUT2D eigenvalue weighted by Gasteiger charge is 2.10. The lowest BCUT2D eigenvalue weighted by atomic mass is 10.0. The van der Waals surface area contributed by atoms with Crippen molar-refractivity contribution in [3.8, 4) is 11.5 Å². The van der Waals surface area contributed by atoms with Crippen molar-refractivity contribution in [1.82, 2.24) is 14.8 Å². The van der Waals surface area contributed by atoms with Crippen LogP contribution in [0.4, 0.5) is 0 Å². The summed E-state index contributed by atoms with van der Waals surface area (Å²) < 4.78 is 12.8. The second-order valence-electron chi connectivity index (χ2n) is 4.95. The molecule has 1 aromatic carbocycles. The van der Waals surface area contributed by atoms with Gasteiger partial charge in [0.05, 0.1) is 7.11 Å². The minimum Gasteiger partial charge on any atom is -0.493 e. The van der Waals surface area contributed by atoms with Crippen LogP contribution in [0.5, 0.6) is 11.5 Å². The molecule has 1 aromatic heterocycles. The number of hydrogen-bond acceptors (Lipinski definition) is 5. The van der Waals surface area contributed by atoms with Crippen molar-refractivity contribution in [3.05, 3.63) is 35.9 Å². The molecule has 2 aromatic rings. The van der Waals surface area contributed by atoms with Gasteiger partial charge in [-0.3, -0.25) is 4.68 Å². The summed E-state index contributed by atoms with van der Waals surface area (Å²) in [5.74, 6) is 2.15. The minimum atomic E-state index is 0.157. The lowest BCUT2D eigenvalue weighted by Gasteiger charge is -2.14. The Labute approximate surface area is 124 Å². The highest BCUT2D eigenvalue weighted by molar-refractivity contribution is 5.43. The second-order valence-corrected chi connectivity index (χ2v) is 4.95. The molecule has 1 heterocycles. The molecule has 2 N–H and O–H groups in total. The number of nitrogens with two attached hydrogens (primary N) is 1. The van der Waals surface area contributed by atoms with Gasteiger partial charge in [-0.25, -0.2) is 4.98 Å². The van der Waals surface area contributed by atoms with Crippen molar-refractivity contribution in [2.45, 2.75) is 32.4 Å². The summed E-state index contributed by atoms with van der Waals surface area (Å²) in [6.07, 6.45) is 3.27. The normalized spacial score (nSPS) is 12.2. The number of aromatic nitrogens is 3. The van der Waals surface area contributed by atoms with E-state index in [0.29, 0.717) is 18.1 Å². The van der Waals surface area contributed by atoms with E-state index in [-0.39, 0.29) is 6.04 Å². The van der Waals surface area contributed by atoms with Crippen molar-refractivity contribution in [1.29, 1.82) is 0 Å². The SMILES string of the molecule is CCC(N)Cc1ccc(OC)c(OCc2ncnn2C)c1. The van der Waals surface area contributed by atoms with Gasteiger partial charge in [-0.05, 0) is 30.5 Å². The van der Waals surface area contributed by atoms with Crippen molar-refractivity contribution in [2.24, 2.45) is 12.8 Å². The average molecular weight is 290 g/mol. The molecule has 0 radical (unpaired) electrons. The number of aryl methyl sites for hydroxylation is 1. The average Bonchev–Trinajstić information content (AvgIpc) is 2.90. The molecule has 0 saturated carbocycles. The molecule has 6 heteroatoms. The molecule has 0 saturated heterocycles. The smallest absolute Gasteiger partial charge is 0.164 e. The number of methoxy groups -OCH3 is 1. The molecule has 114 valence electrons. The summed E-state index contributed by atoms with van der Waals surface area (Å²) >= 11 is 0. The first kappa shape index (κ1) is 15.3. The van der Waals surface area contributed by atoms with Gasteiger partial charge in [-0.2, -0.15) is 5.10 Å². The molecular weight excluding hydrogens is 268 g/mol. The molecule has 1 atom stereocenters. The van der Waals surface area contributed by atoms with Crippen LogP contribution in [0.3, 0.4) is 0 Å². The fraction of sp³-hybridized carbons (Fsp3) is 0.467. The predicted molar refractivity (Wildman–Crippen MR) is 80.3 cm³/mol. The van der Waals surface area contributed by atoms with Crippen LogP contribution < -0.4 is 15.2 Å². The van der Waals surface area contributed by atoms with E-state index >= 15 is 0 Å². The van der Waals surface area contributed by atoms with Gasteiger partial charge >= 0.3 is 0 Å². The molecule has 21 heavy (non-hydrogen) atoms. The number of benzene rings is 1. The first-order chi connectivity index (χ1) is 10.1. The van der Waals surface area contributed by atoms with Gasteiger partial charge in [-0.1, -0.05) is 13.0 Å². The molecular formula is C15H22N4O2. The molecule has 0 fully saturated rings. The van der Waals surface area contributed by atoms with Crippen LogP contribution in [0.2, 0.25) is 0 Å². The van der Waals surface area contributed by atoms with Crippen molar-refractivity contribution < 1.29 is 9.47 Å². The zero-order chi connectivity index (χ0) is 15.2. The van der Waals surface area contributed by atoms with E-state index in [1.165, 1.54) is 6.33 Å². The summed E-state index contributed by atoms with van der Waals surface area (Å²) in [5.41, 5.74) is 7.14. The van der Waals surface area contributed by atoms with E-state index in [4.69, 9.17) is 15.2 Å². The third-order valence-corrected chi connectivity index (χ3v) is 3.41. The summed E-state index contributed by atoms with van der Waals surface area (Å²) in [7, 11) is 3.46. The van der Waals surface area contributed by atoms with E-state index in [1.807, 2.05) is 25.2 Å². The Balaban J connectivity index is 2.12. The number of hydrogen-bond donors (Lipinski definition) is 1. The Bertz CT molecular complexity index is 583. The van der Waals surface area contributed by atoms with Crippen molar-refractivity contribution >= 4 is 0 Å². The maximum Gasteiger partial charge on any atom is 0.164 e. The van der Waals surface area contributed by atoms with Crippen LogP contribution in [-0.4, -0.2) is 27.9 Å². The fourth-order valence-corrected chi connectivity index (χ4v) is 2.00. The Morgan fingerprint density at radius 3 is 2.76 bits per heavy atom. The summed E-state index contributed by atoms with van der Waals surface area (Å²) in [4.78, 5) is 4.14. The van der Waals surface area contributed by atoms with Crippen LogP contribution >= 0.6 is 0 Å². The van der Waals surface area contributed by atoms with Crippen LogP contribution in [0.1, 0.15) is 24.7 Å². The fourth-order valence-electron chi connectivity index (χ4n) is 2.00. The molecule has 0 aliphatic rings. The van der Waals surface area contributed by atoms with Gasteiger partial charge in [0, 0.05) is 13.1 Å². The van der Waals surface area contributed by atoms with Crippen molar-refractivity contribution in [3.63, 3.8) is 0 Å². The standard InChI is InChI=1S/C15H22N4O2/c1-4-12(16)7-11-5-6-13(20-3)14(8-11)21-9-15-17-10-18-19(15)2/h5-6,8,10,12H,4,7,9,16H2,1-3H3. The quantitative estimate of drug-likeness (QED) is 0.839. The largest absolute Gasteiger partial charge is 0.493 e. The third-order valence-electron chi connectivity index (χ3n) is 3.41. The Morgan fingerprint density at radius 1 is 1.33 bits per heavy atom. The van der Waals surface area contributed by atoms with Gasteiger partial charge < -0.3 is 15.2 Å². The van der Waals surface area contributed by atoms with Gasteiger partial charge in [0.15, 0.2) is 17.3 Å². The van der Waals surface area contributed by atoms with E-state index in [9.17, 15) is 0 Å². The maximum atomic E-state index is 6.00. The molecule has 0 aliphatic carbocycles. The van der Waals surface area contributed by atoms with Crippen LogP contribution in [0.25, 0.3) is 0 Å². The second kappa shape index (κ2) is 7.08. The molecule has 6 nitrogen and oxygen atoms in total. The van der Waals surface area contributed by atoms with E-state index in [1.54, 1.807) is 11.8 Å². The molecule has 0 amide bonds. The number of nitrogens with zero attached hydrogens (tertiary/aromatic N) is 3. The maximum absolute atomic E-state index is 6.00. The molecule has 0 aliphatic heterocycles. The van der Waals surface area contributed by atoms with Crippen molar-refractivity contribution in [2.75, 3.05) is 7.11 Å². The Morgan fingerprint density at radius 2 is 2.14 bits per heavy atom. The number of rotatable bonds is 7. The lowest BCUT2D eigenvalue weighted by molar-refractivity contribution is 0.271. The van der Waals surface area contributed by atoms with Crippen LogP contribution in [0.15, 0.2) is 24.5 Å². The van der Waals surface area contributed by atoms with Gasteiger partial charge in [-0.15, -0.1) is 0 Å². The zero-order valence-electron chi connectivity index (χ0n) is 12.7. The molecule has 2 rings (SSSR count). The summed E-state index contributed by atoms with van der Waals surface area (Å²) in [6.45, 7) is 2.43. The topological polar surface area (TPSA) is 75.2 Å². The Hall–Kier alpha value is -2.08. The predicted octanol–water partition coefficient (Wildman–Crippen LogP) is 1.68.